The van der Waals surface area contributed by atoms with E-state index in [0.29, 0.717) is 22.9 Å². The minimum absolute atomic E-state index is 0.0655. The molecule has 2 aromatic rings. The van der Waals surface area contributed by atoms with Gasteiger partial charge in [0.25, 0.3) is 0 Å². The first-order valence-corrected chi connectivity index (χ1v) is 12.9. The number of halogens is 1. The highest BCUT2D eigenvalue weighted by Crippen LogP contribution is 2.33. The third-order valence-corrected chi connectivity index (χ3v) is 7.39. The molecule has 0 aliphatic rings. The molecule has 1 amide bonds. The third-order valence-electron chi connectivity index (χ3n) is 3.82. The van der Waals surface area contributed by atoms with Gasteiger partial charge in [-0.15, -0.1) is 0 Å². The minimum Gasteiger partial charge on any atom is -0.325 e. The van der Waals surface area contributed by atoms with Crippen molar-refractivity contribution in [3.8, 4) is 0 Å². The van der Waals surface area contributed by atoms with Gasteiger partial charge >= 0.3 is 0 Å². The van der Waals surface area contributed by atoms with Crippen molar-refractivity contribution in [3.05, 3.63) is 53.6 Å². The van der Waals surface area contributed by atoms with Gasteiger partial charge in [0, 0.05) is 15.5 Å². The fraction of sp³-hybridized carbons (Fsp3) is 0.316. The van der Waals surface area contributed by atoms with Gasteiger partial charge in [-0.25, -0.2) is 13.1 Å². The normalized spacial score (nSPS) is 12.5. The molecular formula is C19H23ClN2O3S3. The summed E-state index contributed by atoms with van der Waals surface area (Å²) in [4.78, 5) is 14.5. The number of amides is 1. The number of sulfonamides is 1. The van der Waals surface area contributed by atoms with Crippen molar-refractivity contribution in [2.75, 3.05) is 23.1 Å². The summed E-state index contributed by atoms with van der Waals surface area (Å²) in [5.74, 6) is 0.249. The van der Waals surface area contributed by atoms with Crippen molar-refractivity contribution in [3.63, 3.8) is 0 Å². The Morgan fingerprint density at radius 3 is 2.43 bits per heavy atom. The monoisotopic (exact) mass is 458 g/mol. The summed E-state index contributed by atoms with van der Waals surface area (Å²) in [6, 6.07) is 14.1. The Hall–Kier alpha value is -1.19. The van der Waals surface area contributed by atoms with E-state index in [4.69, 9.17) is 11.6 Å². The molecule has 152 valence electrons. The van der Waals surface area contributed by atoms with Crippen LogP contribution in [0.4, 0.5) is 5.69 Å². The molecule has 0 saturated heterocycles. The highest BCUT2D eigenvalue weighted by molar-refractivity contribution is 7.99. The number of benzene rings is 2. The number of carbonyl (C=O) groups is 1. The molecule has 1 atom stereocenters. The van der Waals surface area contributed by atoms with Gasteiger partial charge in [-0.05, 0) is 61.8 Å². The van der Waals surface area contributed by atoms with Gasteiger partial charge in [0.1, 0.15) is 6.04 Å². The summed E-state index contributed by atoms with van der Waals surface area (Å²) < 4.78 is 26.2. The standard InChI is InChI=1S/C19H23ClN2O3S3/c1-3-28(24,25)22-17(12-13-26-2)19(23)21-14-8-10-15(11-9-14)27-18-7-5-4-6-16(18)20/h4-11,17,22H,3,12-13H2,1-2H3,(H,21,23). The second-order valence-electron chi connectivity index (χ2n) is 5.90. The van der Waals surface area contributed by atoms with Gasteiger partial charge in [-0.3, -0.25) is 4.79 Å². The van der Waals surface area contributed by atoms with E-state index in [2.05, 4.69) is 10.0 Å². The van der Waals surface area contributed by atoms with Crippen molar-refractivity contribution in [1.82, 2.24) is 4.72 Å². The Balaban J connectivity index is 2.04. The molecule has 28 heavy (non-hydrogen) atoms. The van der Waals surface area contributed by atoms with E-state index in [1.54, 1.807) is 30.8 Å². The summed E-state index contributed by atoms with van der Waals surface area (Å²) in [6.45, 7) is 1.54. The molecule has 0 fully saturated rings. The summed E-state index contributed by atoms with van der Waals surface area (Å²) in [7, 11) is -3.47. The molecule has 0 spiro atoms. The van der Waals surface area contributed by atoms with E-state index >= 15 is 0 Å². The first-order valence-electron chi connectivity index (χ1n) is 8.67. The van der Waals surface area contributed by atoms with Crippen LogP contribution in [0.15, 0.2) is 58.3 Å². The van der Waals surface area contributed by atoms with Crippen LogP contribution >= 0.6 is 35.1 Å². The van der Waals surface area contributed by atoms with E-state index in [1.807, 2.05) is 42.7 Å². The minimum atomic E-state index is -3.47. The first kappa shape index (κ1) is 23.1. The lowest BCUT2D eigenvalue weighted by Crippen LogP contribution is -2.44. The lowest BCUT2D eigenvalue weighted by Gasteiger charge is -2.18. The number of nitrogens with one attached hydrogen (secondary N) is 2. The molecule has 2 N–H and O–H groups in total. The average molecular weight is 459 g/mol. The fourth-order valence-electron chi connectivity index (χ4n) is 2.27. The molecular weight excluding hydrogens is 436 g/mol. The Morgan fingerprint density at radius 2 is 1.82 bits per heavy atom. The number of anilines is 1. The highest BCUT2D eigenvalue weighted by Gasteiger charge is 2.23. The lowest BCUT2D eigenvalue weighted by atomic mass is 10.2. The molecule has 9 heteroatoms. The van der Waals surface area contributed by atoms with E-state index in [-0.39, 0.29) is 11.7 Å². The quantitative estimate of drug-likeness (QED) is 0.548. The Morgan fingerprint density at radius 1 is 1.14 bits per heavy atom. The molecule has 0 bridgehead atoms. The number of carbonyl (C=O) groups excluding carboxylic acids is 1. The van der Waals surface area contributed by atoms with Crippen molar-refractivity contribution >= 4 is 56.7 Å². The molecule has 2 rings (SSSR count). The number of rotatable bonds is 10. The Labute approximate surface area is 180 Å². The van der Waals surface area contributed by atoms with Crippen molar-refractivity contribution in [2.24, 2.45) is 0 Å². The molecule has 0 heterocycles. The van der Waals surface area contributed by atoms with Crippen molar-refractivity contribution < 1.29 is 13.2 Å². The van der Waals surface area contributed by atoms with Gasteiger partial charge in [0.05, 0.1) is 10.8 Å². The molecule has 0 aliphatic heterocycles. The molecule has 0 saturated carbocycles. The van der Waals surface area contributed by atoms with Crippen LogP contribution in [0.2, 0.25) is 5.02 Å². The summed E-state index contributed by atoms with van der Waals surface area (Å²) >= 11 is 9.27. The van der Waals surface area contributed by atoms with E-state index in [1.165, 1.54) is 11.8 Å². The molecule has 0 aromatic heterocycles. The maximum absolute atomic E-state index is 12.6. The van der Waals surface area contributed by atoms with Gasteiger partial charge < -0.3 is 5.32 Å². The Kier molecular flexibility index (Phi) is 9.17. The van der Waals surface area contributed by atoms with Crippen LogP contribution in [0.3, 0.4) is 0 Å². The van der Waals surface area contributed by atoms with Crippen LogP contribution in [-0.2, 0) is 14.8 Å². The predicted molar refractivity (Wildman–Crippen MR) is 120 cm³/mol. The second kappa shape index (κ2) is 11.1. The van der Waals surface area contributed by atoms with Crippen molar-refractivity contribution in [1.29, 1.82) is 0 Å². The van der Waals surface area contributed by atoms with Gasteiger partial charge in [-0.2, -0.15) is 11.8 Å². The van der Waals surface area contributed by atoms with Crippen molar-refractivity contribution in [2.45, 2.75) is 29.2 Å². The van der Waals surface area contributed by atoms with Gasteiger partial charge in [0.15, 0.2) is 0 Å². The number of hydrogen-bond donors (Lipinski definition) is 2. The second-order valence-corrected chi connectivity index (χ2v) is 10.5. The smallest absolute Gasteiger partial charge is 0.242 e. The van der Waals surface area contributed by atoms with E-state index in [9.17, 15) is 13.2 Å². The molecule has 2 aromatic carbocycles. The van der Waals surface area contributed by atoms with Crippen LogP contribution < -0.4 is 10.0 Å². The van der Waals surface area contributed by atoms with Crippen LogP contribution in [0.25, 0.3) is 0 Å². The fourth-order valence-corrected chi connectivity index (χ4v) is 4.66. The molecule has 5 nitrogen and oxygen atoms in total. The lowest BCUT2D eigenvalue weighted by molar-refractivity contribution is -0.117. The number of hydrogen-bond acceptors (Lipinski definition) is 5. The Bertz CT molecular complexity index is 890. The van der Waals surface area contributed by atoms with Gasteiger partial charge in [0.2, 0.25) is 15.9 Å². The predicted octanol–water partition coefficient (Wildman–Crippen LogP) is 4.49. The van der Waals surface area contributed by atoms with E-state index < -0.39 is 16.1 Å². The summed E-state index contributed by atoms with van der Waals surface area (Å²) in [6.07, 6.45) is 2.34. The van der Waals surface area contributed by atoms with Crippen LogP contribution in [-0.4, -0.2) is 38.1 Å². The third kappa shape index (κ3) is 7.33. The highest BCUT2D eigenvalue weighted by atomic mass is 35.5. The van der Waals surface area contributed by atoms with Crippen LogP contribution in [0, 0.1) is 0 Å². The molecule has 0 aliphatic carbocycles. The summed E-state index contributed by atoms with van der Waals surface area (Å²) in [5.41, 5.74) is 0.610. The van der Waals surface area contributed by atoms with Crippen LogP contribution in [0.1, 0.15) is 13.3 Å². The average Bonchev–Trinajstić information content (AvgIpc) is 2.68. The zero-order valence-electron chi connectivity index (χ0n) is 15.6. The SMILES string of the molecule is CCS(=O)(=O)NC(CCSC)C(=O)Nc1ccc(Sc2ccccc2Cl)cc1. The largest absolute Gasteiger partial charge is 0.325 e. The van der Waals surface area contributed by atoms with Gasteiger partial charge in [-0.1, -0.05) is 35.5 Å². The summed E-state index contributed by atoms with van der Waals surface area (Å²) in [5, 5.41) is 3.47. The number of thioether (sulfide) groups is 1. The zero-order chi connectivity index (χ0) is 20.6. The topological polar surface area (TPSA) is 75.3 Å². The molecule has 0 radical (unpaired) electrons. The zero-order valence-corrected chi connectivity index (χ0v) is 18.9. The maximum atomic E-state index is 12.6. The molecule has 1 unspecified atom stereocenters. The maximum Gasteiger partial charge on any atom is 0.242 e. The van der Waals surface area contributed by atoms with E-state index in [0.717, 1.165) is 9.79 Å². The van der Waals surface area contributed by atoms with Crippen LogP contribution in [0.5, 0.6) is 0 Å². The first-order chi connectivity index (χ1) is 13.3.